The molecule has 0 aliphatic heterocycles. The summed E-state index contributed by atoms with van der Waals surface area (Å²) in [5.41, 5.74) is 1.07. The van der Waals surface area contributed by atoms with Gasteiger partial charge in [-0.2, -0.15) is 10.2 Å². The van der Waals surface area contributed by atoms with Crippen LogP contribution in [0.5, 0.6) is 0 Å². The highest BCUT2D eigenvalue weighted by Gasteiger charge is 2.18. The van der Waals surface area contributed by atoms with Crippen molar-refractivity contribution in [1.82, 2.24) is 10.2 Å². The fourth-order valence-electron chi connectivity index (χ4n) is 1.78. The Bertz CT molecular complexity index is 269. The van der Waals surface area contributed by atoms with Crippen LogP contribution in [0.25, 0.3) is 0 Å². The molecule has 64 valence electrons. The number of aromatic nitrogens is 2. The Balaban J connectivity index is 2.21. The molecule has 2 nitrogen and oxygen atoms in total. The van der Waals surface area contributed by atoms with Gasteiger partial charge in [0.1, 0.15) is 0 Å². The maximum Gasteiger partial charge on any atom is 0.0682 e. The molecule has 0 unspecified atom stereocenters. The molecule has 1 heterocycles. The van der Waals surface area contributed by atoms with Crippen molar-refractivity contribution in [3.8, 4) is 0 Å². The third-order valence-electron chi connectivity index (χ3n) is 2.41. The first-order valence-electron chi connectivity index (χ1n) is 4.34. The number of nitrogens with zero attached hydrogens (tertiary/aromatic N) is 2. The Morgan fingerprint density at radius 2 is 2.08 bits per heavy atom. The first kappa shape index (κ1) is 7.99. The molecule has 1 saturated carbocycles. The summed E-state index contributed by atoms with van der Waals surface area (Å²) >= 11 is 5.82. The van der Waals surface area contributed by atoms with Gasteiger partial charge in [0.25, 0.3) is 0 Å². The number of hydrogen-bond acceptors (Lipinski definition) is 2. The van der Waals surface area contributed by atoms with Crippen molar-refractivity contribution in [2.24, 2.45) is 0 Å². The fraction of sp³-hybridized carbons (Fsp3) is 0.556. The molecule has 0 saturated heterocycles. The molecule has 0 bridgehead atoms. The van der Waals surface area contributed by atoms with Crippen LogP contribution in [0.15, 0.2) is 12.3 Å². The van der Waals surface area contributed by atoms with Crippen LogP contribution in [0.2, 0.25) is 5.02 Å². The summed E-state index contributed by atoms with van der Waals surface area (Å²) in [5, 5.41) is 8.63. The van der Waals surface area contributed by atoms with E-state index in [2.05, 4.69) is 10.2 Å². The van der Waals surface area contributed by atoms with E-state index in [-0.39, 0.29) is 0 Å². The van der Waals surface area contributed by atoms with E-state index in [9.17, 15) is 0 Å². The van der Waals surface area contributed by atoms with Gasteiger partial charge in [-0.1, -0.05) is 24.4 Å². The van der Waals surface area contributed by atoms with Gasteiger partial charge in [0.05, 0.1) is 16.9 Å². The van der Waals surface area contributed by atoms with Gasteiger partial charge in [-0.25, -0.2) is 0 Å². The van der Waals surface area contributed by atoms with Crippen molar-refractivity contribution in [3.63, 3.8) is 0 Å². The minimum atomic E-state index is 0.608. The lowest BCUT2D eigenvalue weighted by atomic mass is 10.0. The van der Waals surface area contributed by atoms with E-state index < -0.39 is 0 Å². The van der Waals surface area contributed by atoms with Crippen molar-refractivity contribution >= 4 is 11.6 Å². The summed E-state index contributed by atoms with van der Waals surface area (Å²) in [6, 6.07) is 1.94. The number of halogens is 1. The maximum atomic E-state index is 5.82. The van der Waals surface area contributed by atoms with Gasteiger partial charge in [-0.3, -0.25) is 0 Å². The summed E-state index contributed by atoms with van der Waals surface area (Å²) in [4.78, 5) is 0. The van der Waals surface area contributed by atoms with Gasteiger partial charge in [0.15, 0.2) is 0 Å². The first-order chi connectivity index (χ1) is 5.86. The third kappa shape index (κ3) is 1.58. The quantitative estimate of drug-likeness (QED) is 0.668. The Morgan fingerprint density at radius 1 is 1.33 bits per heavy atom. The number of rotatable bonds is 1. The van der Waals surface area contributed by atoms with Crippen molar-refractivity contribution in [1.29, 1.82) is 0 Å². The molecule has 0 aromatic carbocycles. The van der Waals surface area contributed by atoms with E-state index in [4.69, 9.17) is 11.6 Å². The molecule has 1 aliphatic rings. The summed E-state index contributed by atoms with van der Waals surface area (Å²) < 4.78 is 0. The van der Waals surface area contributed by atoms with E-state index in [0.717, 1.165) is 5.69 Å². The predicted molar refractivity (Wildman–Crippen MR) is 48.3 cm³/mol. The first-order valence-corrected chi connectivity index (χ1v) is 4.72. The molecular formula is C9H11ClN2. The van der Waals surface area contributed by atoms with Crippen LogP contribution in [-0.2, 0) is 0 Å². The summed E-state index contributed by atoms with van der Waals surface area (Å²) in [6.07, 6.45) is 6.71. The van der Waals surface area contributed by atoms with E-state index in [0.29, 0.717) is 10.9 Å². The molecule has 3 heteroatoms. The van der Waals surface area contributed by atoms with Gasteiger partial charge >= 0.3 is 0 Å². The van der Waals surface area contributed by atoms with Crippen LogP contribution >= 0.6 is 11.6 Å². The monoisotopic (exact) mass is 182 g/mol. The number of hydrogen-bond donors (Lipinski definition) is 0. The van der Waals surface area contributed by atoms with Gasteiger partial charge in [-0.05, 0) is 18.9 Å². The van der Waals surface area contributed by atoms with Gasteiger partial charge in [0.2, 0.25) is 0 Å². The minimum Gasteiger partial charge on any atom is -0.157 e. The van der Waals surface area contributed by atoms with Crippen LogP contribution in [-0.4, -0.2) is 10.2 Å². The summed E-state index contributed by atoms with van der Waals surface area (Å²) in [5.74, 6) is 0.608. The molecular weight excluding hydrogens is 172 g/mol. The van der Waals surface area contributed by atoms with Gasteiger partial charge in [0, 0.05) is 5.92 Å². The topological polar surface area (TPSA) is 25.8 Å². The largest absolute Gasteiger partial charge is 0.157 e. The smallest absolute Gasteiger partial charge is 0.0682 e. The van der Waals surface area contributed by atoms with Gasteiger partial charge < -0.3 is 0 Å². The van der Waals surface area contributed by atoms with E-state index in [1.165, 1.54) is 25.7 Å². The van der Waals surface area contributed by atoms with Crippen molar-refractivity contribution in [2.45, 2.75) is 31.6 Å². The van der Waals surface area contributed by atoms with Crippen LogP contribution < -0.4 is 0 Å². The fourth-order valence-corrected chi connectivity index (χ4v) is 1.93. The van der Waals surface area contributed by atoms with E-state index in [1.807, 2.05) is 6.07 Å². The zero-order valence-corrected chi connectivity index (χ0v) is 7.59. The van der Waals surface area contributed by atoms with Gasteiger partial charge in [-0.15, -0.1) is 0 Å². The standard InChI is InChI=1S/C9H11ClN2/c10-8-5-9(12-11-6-8)7-3-1-2-4-7/h5-7H,1-4H2. The van der Waals surface area contributed by atoms with Crippen molar-refractivity contribution < 1.29 is 0 Å². The normalized spacial score (nSPS) is 18.4. The maximum absolute atomic E-state index is 5.82. The van der Waals surface area contributed by atoms with Crippen molar-refractivity contribution in [2.75, 3.05) is 0 Å². The average Bonchev–Trinajstić information content (AvgIpc) is 2.56. The average molecular weight is 183 g/mol. The highest BCUT2D eigenvalue weighted by Crippen LogP contribution is 2.33. The second-order valence-electron chi connectivity index (χ2n) is 3.28. The summed E-state index contributed by atoms with van der Waals surface area (Å²) in [6.45, 7) is 0. The third-order valence-corrected chi connectivity index (χ3v) is 2.62. The molecule has 1 fully saturated rings. The second kappa shape index (κ2) is 3.40. The summed E-state index contributed by atoms with van der Waals surface area (Å²) in [7, 11) is 0. The lowest BCUT2D eigenvalue weighted by Gasteiger charge is -2.06. The Hall–Kier alpha value is -0.630. The van der Waals surface area contributed by atoms with Crippen molar-refractivity contribution in [3.05, 3.63) is 23.0 Å². The zero-order valence-electron chi connectivity index (χ0n) is 6.83. The highest BCUT2D eigenvalue weighted by molar-refractivity contribution is 6.30. The van der Waals surface area contributed by atoms with Crippen LogP contribution in [0.1, 0.15) is 37.3 Å². The lowest BCUT2D eigenvalue weighted by molar-refractivity contribution is 0.680. The predicted octanol–water partition coefficient (Wildman–Crippen LogP) is 2.79. The Labute approximate surface area is 77.0 Å². The molecule has 0 atom stereocenters. The van der Waals surface area contributed by atoms with Crippen LogP contribution in [0.4, 0.5) is 0 Å². The molecule has 2 rings (SSSR count). The Morgan fingerprint density at radius 3 is 2.75 bits per heavy atom. The SMILES string of the molecule is Clc1cnnc(C2CCCC2)c1. The molecule has 1 aliphatic carbocycles. The highest BCUT2D eigenvalue weighted by atomic mass is 35.5. The van der Waals surface area contributed by atoms with E-state index in [1.54, 1.807) is 6.20 Å². The molecule has 1 aromatic heterocycles. The molecule has 0 N–H and O–H groups in total. The molecule has 1 aromatic rings. The second-order valence-corrected chi connectivity index (χ2v) is 3.72. The lowest BCUT2D eigenvalue weighted by Crippen LogP contribution is -1.97. The van der Waals surface area contributed by atoms with Crippen LogP contribution in [0.3, 0.4) is 0 Å². The van der Waals surface area contributed by atoms with Crippen LogP contribution in [0, 0.1) is 0 Å². The Kier molecular flexibility index (Phi) is 2.26. The molecule has 12 heavy (non-hydrogen) atoms. The molecule has 0 spiro atoms. The molecule has 0 amide bonds. The van der Waals surface area contributed by atoms with E-state index >= 15 is 0 Å². The minimum absolute atomic E-state index is 0.608. The zero-order chi connectivity index (χ0) is 8.39. The molecule has 0 radical (unpaired) electrons.